The largest absolute Gasteiger partial charge is 0.396 e. The van der Waals surface area contributed by atoms with Crippen molar-refractivity contribution in [3.05, 3.63) is 18.0 Å². The molecule has 1 aliphatic rings. The summed E-state index contributed by atoms with van der Waals surface area (Å²) < 4.78 is 7.43. The Balaban J connectivity index is 1.93. The highest BCUT2D eigenvalue weighted by molar-refractivity contribution is 5.04. The molecule has 1 unspecified atom stereocenters. The minimum absolute atomic E-state index is 0.248. The summed E-state index contributed by atoms with van der Waals surface area (Å²) in [5, 5.41) is 13.1. The van der Waals surface area contributed by atoms with E-state index >= 15 is 0 Å². The first kappa shape index (κ1) is 10.6. The number of ether oxygens (including phenoxy) is 1. The van der Waals surface area contributed by atoms with E-state index in [0.717, 1.165) is 38.9 Å². The summed E-state index contributed by atoms with van der Waals surface area (Å²) in [4.78, 5) is 0. The number of rotatable bonds is 4. The maximum Gasteiger partial charge on any atom is 0.0753 e. The minimum Gasteiger partial charge on any atom is -0.396 e. The molecule has 1 saturated heterocycles. The molecule has 1 N–H and O–H groups in total. The van der Waals surface area contributed by atoms with Crippen LogP contribution < -0.4 is 0 Å². The van der Waals surface area contributed by atoms with E-state index in [0.29, 0.717) is 6.04 Å². The van der Waals surface area contributed by atoms with Crippen LogP contribution in [0.1, 0.15) is 30.9 Å². The molecule has 1 fully saturated rings. The fraction of sp³-hybridized carbons (Fsp3) is 0.727. The molecule has 4 heteroatoms. The van der Waals surface area contributed by atoms with Gasteiger partial charge in [-0.1, -0.05) is 0 Å². The summed E-state index contributed by atoms with van der Waals surface area (Å²) in [7, 11) is 0. The van der Waals surface area contributed by atoms with Gasteiger partial charge in [-0.15, -0.1) is 0 Å². The van der Waals surface area contributed by atoms with Gasteiger partial charge in [0.1, 0.15) is 0 Å². The van der Waals surface area contributed by atoms with Crippen molar-refractivity contribution in [3.8, 4) is 0 Å². The second-order valence-electron chi connectivity index (χ2n) is 4.03. The van der Waals surface area contributed by atoms with Gasteiger partial charge in [0, 0.05) is 19.4 Å². The van der Waals surface area contributed by atoms with Crippen molar-refractivity contribution in [1.29, 1.82) is 0 Å². The van der Waals surface area contributed by atoms with Crippen LogP contribution in [0.5, 0.6) is 0 Å². The lowest BCUT2D eigenvalue weighted by Crippen LogP contribution is -2.21. The number of aliphatic hydroxyl groups is 1. The number of aromatic nitrogens is 2. The molecule has 2 rings (SSSR count). The molecule has 15 heavy (non-hydrogen) atoms. The van der Waals surface area contributed by atoms with Gasteiger partial charge in [-0.2, -0.15) is 5.10 Å². The van der Waals surface area contributed by atoms with Crippen molar-refractivity contribution in [3.63, 3.8) is 0 Å². The number of aliphatic hydroxyl groups excluding tert-OH is 1. The Labute approximate surface area is 89.9 Å². The molecule has 2 heterocycles. The van der Waals surface area contributed by atoms with Gasteiger partial charge in [0.2, 0.25) is 0 Å². The fourth-order valence-electron chi connectivity index (χ4n) is 1.92. The van der Waals surface area contributed by atoms with Gasteiger partial charge in [-0.25, -0.2) is 0 Å². The maximum absolute atomic E-state index is 8.74. The molecule has 4 nitrogen and oxygen atoms in total. The van der Waals surface area contributed by atoms with Crippen molar-refractivity contribution in [2.45, 2.75) is 31.7 Å². The second-order valence-corrected chi connectivity index (χ2v) is 4.03. The van der Waals surface area contributed by atoms with Crippen LogP contribution in [0, 0.1) is 0 Å². The van der Waals surface area contributed by atoms with Gasteiger partial charge in [0.05, 0.1) is 18.8 Å². The standard InChI is InChI=1S/C11H18N2O2/c14-5-1-3-10-7-12-13(8-10)11-4-2-6-15-9-11/h7-8,11,14H,1-6,9H2. The van der Waals surface area contributed by atoms with E-state index in [2.05, 4.69) is 11.3 Å². The van der Waals surface area contributed by atoms with Crippen molar-refractivity contribution in [2.24, 2.45) is 0 Å². The lowest BCUT2D eigenvalue weighted by molar-refractivity contribution is 0.0549. The van der Waals surface area contributed by atoms with Crippen molar-refractivity contribution in [1.82, 2.24) is 9.78 Å². The SMILES string of the molecule is OCCCc1cnn(C2CCCOC2)c1. The summed E-state index contributed by atoms with van der Waals surface area (Å²) >= 11 is 0. The third-order valence-corrected chi connectivity index (χ3v) is 2.79. The van der Waals surface area contributed by atoms with Crippen LogP contribution in [0.15, 0.2) is 12.4 Å². The first-order valence-corrected chi connectivity index (χ1v) is 5.62. The molecule has 1 aromatic heterocycles. The zero-order valence-corrected chi connectivity index (χ0v) is 8.93. The highest BCUT2D eigenvalue weighted by Gasteiger charge is 2.16. The molecular formula is C11H18N2O2. The van der Waals surface area contributed by atoms with E-state index in [1.54, 1.807) is 0 Å². The molecule has 0 aromatic carbocycles. The Morgan fingerprint density at radius 2 is 2.53 bits per heavy atom. The molecule has 84 valence electrons. The van der Waals surface area contributed by atoms with Crippen LogP contribution in [-0.4, -0.2) is 34.7 Å². The van der Waals surface area contributed by atoms with Crippen molar-refractivity contribution >= 4 is 0 Å². The Morgan fingerprint density at radius 3 is 3.27 bits per heavy atom. The Hall–Kier alpha value is -0.870. The van der Waals surface area contributed by atoms with E-state index < -0.39 is 0 Å². The van der Waals surface area contributed by atoms with E-state index in [1.807, 2.05) is 10.9 Å². The second kappa shape index (κ2) is 5.28. The monoisotopic (exact) mass is 210 g/mol. The van der Waals surface area contributed by atoms with Gasteiger partial charge >= 0.3 is 0 Å². The molecule has 0 bridgehead atoms. The smallest absolute Gasteiger partial charge is 0.0753 e. The van der Waals surface area contributed by atoms with Gasteiger partial charge in [0.15, 0.2) is 0 Å². The highest BCUT2D eigenvalue weighted by atomic mass is 16.5. The molecule has 0 amide bonds. The molecule has 1 aliphatic heterocycles. The molecule has 0 aliphatic carbocycles. The van der Waals surface area contributed by atoms with E-state index in [1.165, 1.54) is 5.56 Å². The van der Waals surface area contributed by atoms with Crippen LogP contribution in [0.4, 0.5) is 0 Å². The lowest BCUT2D eigenvalue weighted by atomic mass is 10.1. The topological polar surface area (TPSA) is 47.3 Å². The predicted molar refractivity (Wildman–Crippen MR) is 56.7 cm³/mol. The summed E-state index contributed by atoms with van der Waals surface area (Å²) in [5.74, 6) is 0. The molecule has 1 atom stereocenters. The fourth-order valence-corrected chi connectivity index (χ4v) is 1.92. The lowest BCUT2D eigenvalue weighted by Gasteiger charge is -2.22. The van der Waals surface area contributed by atoms with Crippen LogP contribution >= 0.6 is 0 Å². The Morgan fingerprint density at radius 1 is 1.60 bits per heavy atom. The quantitative estimate of drug-likeness (QED) is 0.811. The van der Waals surface area contributed by atoms with Crippen LogP contribution in [-0.2, 0) is 11.2 Å². The highest BCUT2D eigenvalue weighted by Crippen LogP contribution is 2.19. The first-order valence-electron chi connectivity index (χ1n) is 5.62. The average Bonchev–Trinajstić information content (AvgIpc) is 2.76. The number of nitrogens with zero attached hydrogens (tertiary/aromatic N) is 2. The van der Waals surface area contributed by atoms with E-state index in [-0.39, 0.29) is 6.61 Å². The number of aryl methyl sites for hydroxylation is 1. The molecule has 0 spiro atoms. The van der Waals surface area contributed by atoms with Crippen molar-refractivity contribution < 1.29 is 9.84 Å². The zero-order valence-electron chi connectivity index (χ0n) is 8.93. The normalized spacial score (nSPS) is 21.8. The summed E-state index contributed by atoms with van der Waals surface area (Å²) in [5.41, 5.74) is 1.20. The van der Waals surface area contributed by atoms with Crippen LogP contribution in [0.2, 0.25) is 0 Å². The molecule has 0 radical (unpaired) electrons. The third-order valence-electron chi connectivity index (χ3n) is 2.79. The maximum atomic E-state index is 8.74. The van der Waals surface area contributed by atoms with E-state index in [9.17, 15) is 0 Å². The minimum atomic E-state index is 0.248. The third kappa shape index (κ3) is 2.79. The summed E-state index contributed by atoms with van der Waals surface area (Å²) in [6, 6.07) is 0.404. The van der Waals surface area contributed by atoms with Gasteiger partial charge in [-0.05, 0) is 31.2 Å². The summed E-state index contributed by atoms with van der Waals surface area (Å²) in [6.07, 6.45) is 7.97. The van der Waals surface area contributed by atoms with Gasteiger partial charge in [0.25, 0.3) is 0 Å². The zero-order chi connectivity index (χ0) is 10.5. The Kier molecular flexibility index (Phi) is 3.75. The van der Waals surface area contributed by atoms with Gasteiger partial charge in [-0.3, -0.25) is 4.68 Å². The molecule has 0 saturated carbocycles. The number of hydrogen-bond acceptors (Lipinski definition) is 3. The van der Waals surface area contributed by atoms with E-state index in [4.69, 9.17) is 9.84 Å². The first-order chi connectivity index (χ1) is 7.40. The van der Waals surface area contributed by atoms with Crippen LogP contribution in [0.25, 0.3) is 0 Å². The average molecular weight is 210 g/mol. The predicted octanol–water partition coefficient (Wildman–Crippen LogP) is 1.16. The molecular weight excluding hydrogens is 192 g/mol. The number of hydrogen-bond donors (Lipinski definition) is 1. The van der Waals surface area contributed by atoms with Gasteiger partial charge < -0.3 is 9.84 Å². The van der Waals surface area contributed by atoms with Crippen LogP contribution in [0.3, 0.4) is 0 Å². The summed E-state index contributed by atoms with van der Waals surface area (Å²) in [6.45, 7) is 1.91. The Bertz CT molecular complexity index is 293. The molecule has 1 aromatic rings. The van der Waals surface area contributed by atoms with Crippen molar-refractivity contribution in [2.75, 3.05) is 19.8 Å².